The average molecular weight is 372 g/mol. The number of anilines is 1. The normalized spacial score (nSPS) is 10.1. The predicted molar refractivity (Wildman–Crippen MR) is 98.7 cm³/mol. The monoisotopic (exact) mass is 372 g/mol. The molecular weight excluding hydrogens is 352 g/mol. The molecule has 0 aliphatic heterocycles. The molecule has 1 amide bonds. The number of amides is 1. The van der Waals surface area contributed by atoms with Crippen molar-refractivity contribution < 1.29 is 24.0 Å². The number of hydrogen-bond acceptors (Lipinski definition) is 6. The molecule has 0 aliphatic rings. The van der Waals surface area contributed by atoms with Gasteiger partial charge in [0.25, 0.3) is 11.6 Å². The molecule has 0 saturated carbocycles. The molecule has 0 fully saturated rings. The molecular formula is C19H20N2O6. The van der Waals surface area contributed by atoms with Crippen LogP contribution < -0.4 is 10.1 Å². The lowest BCUT2D eigenvalue weighted by atomic mass is 10.2. The van der Waals surface area contributed by atoms with E-state index in [1.165, 1.54) is 18.2 Å². The SMILES string of the molecule is Cc1ccc(OCCC(=O)OCC(=O)Nc2ccc(C)c([N+](=O)[O-])c2)cc1. The molecule has 0 spiro atoms. The molecule has 142 valence electrons. The lowest BCUT2D eigenvalue weighted by molar-refractivity contribution is -0.385. The van der Waals surface area contributed by atoms with Gasteiger partial charge in [-0.15, -0.1) is 0 Å². The summed E-state index contributed by atoms with van der Waals surface area (Å²) in [6, 6.07) is 11.7. The van der Waals surface area contributed by atoms with Crippen LogP contribution in [-0.4, -0.2) is 30.0 Å². The molecule has 2 aromatic carbocycles. The Bertz CT molecular complexity index is 833. The van der Waals surface area contributed by atoms with Crippen molar-refractivity contribution in [2.45, 2.75) is 20.3 Å². The second-order valence-corrected chi connectivity index (χ2v) is 5.88. The summed E-state index contributed by atoms with van der Waals surface area (Å²) in [6.07, 6.45) is -0.00282. The maximum atomic E-state index is 11.8. The molecule has 0 saturated heterocycles. The maximum absolute atomic E-state index is 11.8. The summed E-state index contributed by atoms with van der Waals surface area (Å²) in [5, 5.41) is 13.4. The van der Waals surface area contributed by atoms with Crippen LogP contribution in [0.3, 0.4) is 0 Å². The molecule has 0 radical (unpaired) electrons. The maximum Gasteiger partial charge on any atom is 0.309 e. The number of hydrogen-bond donors (Lipinski definition) is 1. The van der Waals surface area contributed by atoms with E-state index in [4.69, 9.17) is 9.47 Å². The summed E-state index contributed by atoms with van der Waals surface area (Å²) in [7, 11) is 0. The minimum atomic E-state index is -0.582. The van der Waals surface area contributed by atoms with Gasteiger partial charge in [-0.3, -0.25) is 19.7 Å². The Kier molecular flexibility index (Phi) is 6.87. The zero-order chi connectivity index (χ0) is 19.8. The Balaban J connectivity index is 1.73. The number of benzene rings is 2. The first-order chi connectivity index (χ1) is 12.8. The van der Waals surface area contributed by atoms with Gasteiger partial charge in [0.05, 0.1) is 18.0 Å². The Morgan fingerprint density at radius 1 is 1.11 bits per heavy atom. The number of nitro groups is 1. The highest BCUT2D eigenvalue weighted by molar-refractivity contribution is 5.93. The largest absolute Gasteiger partial charge is 0.493 e. The fourth-order valence-electron chi connectivity index (χ4n) is 2.19. The number of ether oxygens (including phenoxy) is 2. The summed E-state index contributed by atoms with van der Waals surface area (Å²) in [6.45, 7) is 3.21. The third-order valence-electron chi connectivity index (χ3n) is 3.65. The summed E-state index contributed by atoms with van der Waals surface area (Å²) >= 11 is 0. The molecule has 0 bridgehead atoms. The van der Waals surface area contributed by atoms with Crippen LogP contribution in [0.25, 0.3) is 0 Å². The number of nitrogens with one attached hydrogen (secondary N) is 1. The van der Waals surface area contributed by atoms with Crippen LogP contribution in [0.15, 0.2) is 42.5 Å². The smallest absolute Gasteiger partial charge is 0.309 e. The van der Waals surface area contributed by atoms with E-state index in [-0.39, 0.29) is 24.4 Å². The van der Waals surface area contributed by atoms with Gasteiger partial charge < -0.3 is 14.8 Å². The van der Waals surface area contributed by atoms with Crippen LogP contribution in [0.5, 0.6) is 5.75 Å². The van der Waals surface area contributed by atoms with E-state index >= 15 is 0 Å². The highest BCUT2D eigenvalue weighted by Gasteiger charge is 2.13. The molecule has 0 heterocycles. The lowest BCUT2D eigenvalue weighted by Gasteiger charge is -2.08. The zero-order valence-corrected chi connectivity index (χ0v) is 15.1. The van der Waals surface area contributed by atoms with E-state index in [2.05, 4.69) is 5.32 Å². The molecule has 8 nitrogen and oxygen atoms in total. The van der Waals surface area contributed by atoms with Gasteiger partial charge in [0, 0.05) is 17.3 Å². The van der Waals surface area contributed by atoms with Crippen LogP contribution >= 0.6 is 0 Å². The standard InChI is InChI=1S/C19H20N2O6/c1-13-3-7-16(8-4-13)26-10-9-19(23)27-12-18(22)20-15-6-5-14(2)17(11-15)21(24)25/h3-8,11H,9-10,12H2,1-2H3,(H,20,22). The van der Waals surface area contributed by atoms with Crippen LogP contribution in [0, 0.1) is 24.0 Å². The second-order valence-electron chi connectivity index (χ2n) is 5.88. The van der Waals surface area contributed by atoms with E-state index in [0.717, 1.165) is 5.56 Å². The third-order valence-corrected chi connectivity index (χ3v) is 3.65. The summed E-state index contributed by atoms with van der Waals surface area (Å²) < 4.78 is 10.3. The fraction of sp³-hybridized carbons (Fsp3) is 0.263. The van der Waals surface area contributed by atoms with Gasteiger partial charge in [-0.05, 0) is 32.0 Å². The van der Waals surface area contributed by atoms with Crippen LogP contribution in [-0.2, 0) is 14.3 Å². The number of carbonyl (C=O) groups is 2. The van der Waals surface area contributed by atoms with Crippen molar-refractivity contribution in [3.05, 3.63) is 63.7 Å². The minimum absolute atomic E-state index is 0.00282. The molecule has 0 aromatic heterocycles. The van der Waals surface area contributed by atoms with Crippen molar-refractivity contribution in [1.82, 2.24) is 0 Å². The number of rotatable bonds is 8. The Hall–Kier alpha value is -3.42. The first kappa shape index (κ1) is 19.9. The van der Waals surface area contributed by atoms with Gasteiger partial charge in [-0.25, -0.2) is 0 Å². The summed E-state index contributed by atoms with van der Waals surface area (Å²) in [5.74, 6) is -0.514. The summed E-state index contributed by atoms with van der Waals surface area (Å²) in [4.78, 5) is 33.9. The highest BCUT2D eigenvalue weighted by Crippen LogP contribution is 2.22. The molecule has 0 atom stereocenters. The van der Waals surface area contributed by atoms with Crippen LogP contribution in [0.2, 0.25) is 0 Å². The molecule has 0 unspecified atom stereocenters. The number of esters is 1. The fourth-order valence-corrected chi connectivity index (χ4v) is 2.19. The molecule has 0 aliphatic carbocycles. The topological polar surface area (TPSA) is 108 Å². The van der Waals surface area contributed by atoms with Crippen molar-refractivity contribution in [2.24, 2.45) is 0 Å². The molecule has 1 N–H and O–H groups in total. The second kappa shape index (κ2) is 9.33. The minimum Gasteiger partial charge on any atom is -0.493 e. The Morgan fingerprint density at radius 3 is 2.48 bits per heavy atom. The predicted octanol–water partition coefficient (Wildman–Crippen LogP) is 3.16. The number of nitro benzene ring substituents is 1. The quantitative estimate of drug-likeness (QED) is 0.433. The molecule has 27 heavy (non-hydrogen) atoms. The van der Waals surface area contributed by atoms with E-state index in [9.17, 15) is 19.7 Å². The molecule has 2 aromatic rings. The Labute approximate surface area is 156 Å². The van der Waals surface area contributed by atoms with E-state index < -0.39 is 23.4 Å². The average Bonchev–Trinajstić information content (AvgIpc) is 2.63. The van der Waals surface area contributed by atoms with Crippen LogP contribution in [0.4, 0.5) is 11.4 Å². The van der Waals surface area contributed by atoms with Crippen molar-refractivity contribution in [3.8, 4) is 5.75 Å². The Morgan fingerprint density at radius 2 is 1.81 bits per heavy atom. The lowest BCUT2D eigenvalue weighted by Crippen LogP contribution is -2.21. The highest BCUT2D eigenvalue weighted by atomic mass is 16.6. The van der Waals surface area contributed by atoms with Gasteiger partial charge in [0.2, 0.25) is 0 Å². The third kappa shape index (κ3) is 6.43. The van der Waals surface area contributed by atoms with Gasteiger partial charge in [0.1, 0.15) is 5.75 Å². The van der Waals surface area contributed by atoms with E-state index in [1.807, 2.05) is 19.1 Å². The first-order valence-electron chi connectivity index (χ1n) is 8.25. The van der Waals surface area contributed by atoms with Gasteiger partial charge in [-0.1, -0.05) is 23.8 Å². The number of nitrogens with zero attached hydrogens (tertiary/aromatic N) is 1. The molecule has 2 rings (SSSR count). The number of carbonyl (C=O) groups excluding carboxylic acids is 2. The van der Waals surface area contributed by atoms with Crippen molar-refractivity contribution >= 4 is 23.3 Å². The van der Waals surface area contributed by atoms with Crippen molar-refractivity contribution in [1.29, 1.82) is 0 Å². The van der Waals surface area contributed by atoms with E-state index in [0.29, 0.717) is 11.3 Å². The first-order valence-corrected chi connectivity index (χ1v) is 8.25. The molecule has 8 heteroatoms. The van der Waals surface area contributed by atoms with Crippen LogP contribution in [0.1, 0.15) is 17.5 Å². The van der Waals surface area contributed by atoms with Crippen molar-refractivity contribution in [2.75, 3.05) is 18.5 Å². The van der Waals surface area contributed by atoms with Gasteiger partial charge in [-0.2, -0.15) is 0 Å². The zero-order valence-electron chi connectivity index (χ0n) is 15.1. The number of aryl methyl sites for hydroxylation is 2. The van der Waals surface area contributed by atoms with Gasteiger partial charge >= 0.3 is 5.97 Å². The van der Waals surface area contributed by atoms with E-state index in [1.54, 1.807) is 19.1 Å². The van der Waals surface area contributed by atoms with Gasteiger partial charge in [0.15, 0.2) is 6.61 Å². The van der Waals surface area contributed by atoms with Crippen molar-refractivity contribution in [3.63, 3.8) is 0 Å². The summed E-state index contributed by atoms with van der Waals surface area (Å²) in [5.41, 5.74) is 1.75.